The second-order valence-electron chi connectivity index (χ2n) is 7.66. The van der Waals surface area contributed by atoms with E-state index in [0.717, 1.165) is 25.7 Å². The van der Waals surface area contributed by atoms with Gasteiger partial charge in [-0.1, -0.05) is 32.9 Å². The van der Waals surface area contributed by atoms with Crippen molar-refractivity contribution in [1.82, 2.24) is 0 Å². The summed E-state index contributed by atoms with van der Waals surface area (Å²) >= 11 is 0. The van der Waals surface area contributed by atoms with Crippen LogP contribution >= 0.6 is 0 Å². The quantitative estimate of drug-likeness (QED) is 0.623. The topological polar surface area (TPSA) is 46.5 Å². The van der Waals surface area contributed by atoms with Crippen molar-refractivity contribution in [1.29, 1.82) is 0 Å². The van der Waals surface area contributed by atoms with E-state index in [4.69, 9.17) is 4.74 Å². The van der Waals surface area contributed by atoms with Gasteiger partial charge in [-0.2, -0.15) is 0 Å². The van der Waals surface area contributed by atoms with Gasteiger partial charge in [0.1, 0.15) is 0 Å². The average molecular weight is 280 g/mol. The van der Waals surface area contributed by atoms with Gasteiger partial charge in [0.05, 0.1) is 12.7 Å². The fourth-order valence-corrected chi connectivity index (χ4v) is 4.95. The van der Waals surface area contributed by atoms with Crippen molar-refractivity contribution in [2.24, 2.45) is 22.7 Å². The molecule has 0 unspecified atom stereocenters. The zero-order chi connectivity index (χ0) is 15.1. The van der Waals surface area contributed by atoms with E-state index >= 15 is 0 Å². The molecule has 0 aliphatic heterocycles. The third kappa shape index (κ3) is 2.65. The second kappa shape index (κ2) is 5.18. The van der Waals surface area contributed by atoms with Crippen molar-refractivity contribution in [2.45, 2.75) is 59.5 Å². The molecule has 2 aliphatic rings. The van der Waals surface area contributed by atoms with Crippen LogP contribution in [0, 0.1) is 22.7 Å². The van der Waals surface area contributed by atoms with E-state index in [1.165, 1.54) is 12.5 Å². The van der Waals surface area contributed by atoms with E-state index in [2.05, 4.69) is 27.4 Å². The second-order valence-corrected chi connectivity index (χ2v) is 7.66. The predicted octanol–water partition coefficient (Wildman–Crippen LogP) is 3.32. The average Bonchev–Trinajstić information content (AvgIpc) is 2.24. The molecule has 2 aliphatic carbocycles. The van der Waals surface area contributed by atoms with Crippen LogP contribution in [0.1, 0.15) is 53.4 Å². The summed E-state index contributed by atoms with van der Waals surface area (Å²) in [5.74, 6) is 0.475. The molecule has 2 saturated carbocycles. The van der Waals surface area contributed by atoms with Gasteiger partial charge in [0.2, 0.25) is 0 Å². The van der Waals surface area contributed by atoms with E-state index in [1.54, 1.807) is 0 Å². The van der Waals surface area contributed by atoms with Crippen LogP contribution in [0.2, 0.25) is 0 Å². The van der Waals surface area contributed by atoms with Crippen LogP contribution in [-0.4, -0.2) is 23.8 Å². The minimum absolute atomic E-state index is 0.0219. The fourth-order valence-electron chi connectivity index (χ4n) is 4.95. The maximum atomic E-state index is 11.1. The Labute approximate surface area is 122 Å². The number of hydrogen-bond donors (Lipinski definition) is 1. The van der Waals surface area contributed by atoms with Crippen molar-refractivity contribution < 1.29 is 14.6 Å². The fraction of sp³-hybridized carbons (Fsp3) is 0.824. The smallest absolute Gasteiger partial charge is 0.302 e. The summed E-state index contributed by atoms with van der Waals surface area (Å²) in [6.45, 7) is 12.8. The molecule has 0 saturated heterocycles. The van der Waals surface area contributed by atoms with Gasteiger partial charge < -0.3 is 9.84 Å². The molecule has 3 heteroatoms. The zero-order valence-corrected chi connectivity index (χ0v) is 13.2. The van der Waals surface area contributed by atoms with Crippen LogP contribution in [0.25, 0.3) is 0 Å². The van der Waals surface area contributed by atoms with Gasteiger partial charge in [0.25, 0.3) is 0 Å². The predicted molar refractivity (Wildman–Crippen MR) is 79.1 cm³/mol. The molecule has 0 radical (unpaired) electrons. The van der Waals surface area contributed by atoms with Gasteiger partial charge in [-0.15, -0.1) is 0 Å². The lowest BCUT2D eigenvalue weighted by Crippen LogP contribution is -2.54. The Hall–Kier alpha value is -0.830. The summed E-state index contributed by atoms with van der Waals surface area (Å²) < 4.78 is 5.29. The maximum absolute atomic E-state index is 11.1. The standard InChI is InChI=1S/C17H28O3/c1-11-6-7-15-16(3,4)8-13(19)9-17(15,5)14(11)10-20-12(2)18/h13-15,19H,1,6-10H2,2-5H3/t13-,14-,15-,17+/m0/s1. The summed E-state index contributed by atoms with van der Waals surface area (Å²) in [6, 6.07) is 0. The molecule has 20 heavy (non-hydrogen) atoms. The van der Waals surface area contributed by atoms with E-state index in [1.807, 2.05) is 0 Å². The highest BCUT2D eigenvalue weighted by molar-refractivity contribution is 5.65. The number of carbonyl (C=O) groups excluding carboxylic acids is 1. The third-order valence-corrected chi connectivity index (χ3v) is 5.67. The monoisotopic (exact) mass is 280 g/mol. The molecule has 0 heterocycles. The van der Waals surface area contributed by atoms with Crippen molar-refractivity contribution >= 4 is 5.97 Å². The number of aliphatic hydroxyl groups excluding tert-OH is 1. The van der Waals surface area contributed by atoms with Crippen LogP contribution in [0.15, 0.2) is 12.2 Å². The summed E-state index contributed by atoms with van der Waals surface area (Å²) in [4.78, 5) is 11.1. The van der Waals surface area contributed by atoms with Crippen molar-refractivity contribution in [2.75, 3.05) is 6.61 Å². The first-order valence-electron chi connectivity index (χ1n) is 7.66. The van der Waals surface area contributed by atoms with Gasteiger partial charge in [0, 0.05) is 12.8 Å². The van der Waals surface area contributed by atoms with E-state index in [9.17, 15) is 9.90 Å². The third-order valence-electron chi connectivity index (χ3n) is 5.67. The molecule has 2 fully saturated rings. The van der Waals surface area contributed by atoms with Gasteiger partial charge >= 0.3 is 5.97 Å². The number of carbonyl (C=O) groups is 1. The minimum Gasteiger partial charge on any atom is -0.465 e. The van der Waals surface area contributed by atoms with Gasteiger partial charge in [-0.05, 0) is 42.4 Å². The first kappa shape index (κ1) is 15.6. The lowest BCUT2D eigenvalue weighted by molar-refractivity contribution is -0.149. The minimum atomic E-state index is -0.267. The lowest BCUT2D eigenvalue weighted by atomic mass is 9.47. The molecule has 0 aromatic rings. The van der Waals surface area contributed by atoms with Crippen molar-refractivity contribution in [3.8, 4) is 0 Å². The van der Waals surface area contributed by atoms with Crippen LogP contribution in [-0.2, 0) is 9.53 Å². The molecule has 0 aromatic heterocycles. The van der Waals surface area contributed by atoms with Crippen molar-refractivity contribution in [3.05, 3.63) is 12.2 Å². The highest BCUT2D eigenvalue weighted by Gasteiger charge is 2.55. The number of fused-ring (bicyclic) bond motifs is 1. The van der Waals surface area contributed by atoms with E-state index in [-0.39, 0.29) is 28.8 Å². The van der Waals surface area contributed by atoms with Crippen LogP contribution in [0.3, 0.4) is 0 Å². The SMILES string of the molecule is C=C1CC[C@H]2C(C)(C)C[C@H](O)C[C@]2(C)[C@H]1COC(C)=O. The van der Waals surface area contributed by atoms with Crippen molar-refractivity contribution in [3.63, 3.8) is 0 Å². The summed E-state index contributed by atoms with van der Waals surface area (Å²) in [5, 5.41) is 10.3. The molecular weight excluding hydrogens is 252 g/mol. The Morgan fingerprint density at radius 1 is 1.40 bits per heavy atom. The number of hydrogen-bond acceptors (Lipinski definition) is 3. The molecule has 0 bridgehead atoms. The molecule has 3 nitrogen and oxygen atoms in total. The molecule has 0 spiro atoms. The Bertz CT molecular complexity index is 412. The Morgan fingerprint density at radius 2 is 2.05 bits per heavy atom. The van der Waals surface area contributed by atoms with Gasteiger partial charge in [-0.25, -0.2) is 0 Å². The first-order chi connectivity index (χ1) is 9.17. The largest absolute Gasteiger partial charge is 0.465 e. The molecule has 0 aromatic carbocycles. The Kier molecular flexibility index (Phi) is 4.03. The number of rotatable bonds is 2. The molecule has 114 valence electrons. The van der Waals surface area contributed by atoms with E-state index < -0.39 is 0 Å². The molecular formula is C17H28O3. The number of aliphatic hydroxyl groups is 1. The first-order valence-corrected chi connectivity index (χ1v) is 7.66. The molecule has 1 N–H and O–H groups in total. The van der Waals surface area contributed by atoms with Crippen LogP contribution in [0.5, 0.6) is 0 Å². The van der Waals surface area contributed by atoms with Gasteiger partial charge in [0.15, 0.2) is 0 Å². The highest BCUT2D eigenvalue weighted by Crippen LogP contribution is 2.60. The van der Waals surface area contributed by atoms with Gasteiger partial charge in [-0.3, -0.25) is 4.79 Å². The lowest BCUT2D eigenvalue weighted by Gasteiger charge is -2.58. The number of esters is 1. The zero-order valence-electron chi connectivity index (χ0n) is 13.2. The molecule has 4 atom stereocenters. The molecule has 0 amide bonds. The molecule has 2 rings (SSSR count). The number of ether oxygens (including phenoxy) is 1. The van der Waals surface area contributed by atoms with Crippen LogP contribution < -0.4 is 0 Å². The van der Waals surface area contributed by atoms with E-state index in [0.29, 0.717) is 12.5 Å². The normalized spacial score (nSPS) is 40.0. The summed E-state index contributed by atoms with van der Waals surface area (Å²) in [7, 11) is 0. The highest BCUT2D eigenvalue weighted by atomic mass is 16.5. The Morgan fingerprint density at radius 3 is 2.65 bits per heavy atom. The van der Waals surface area contributed by atoms with Crippen LogP contribution in [0.4, 0.5) is 0 Å². The maximum Gasteiger partial charge on any atom is 0.302 e. The Balaban J connectivity index is 2.29. The summed E-state index contributed by atoms with van der Waals surface area (Å²) in [5.41, 5.74) is 1.28. The summed E-state index contributed by atoms with van der Waals surface area (Å²) in [6.07, 6.45) is 3.51.